The van der Waals surface area contributed by atoms with Crippen molar-refractivity contribution in [3.8, 4) is 5.75 Å². The van der Waals surface area contributed by atoms with E-state index in [0.717, 1.165) is 10.7 Å². The molecule has 0 aliphatic rings. The molecule has 2 rings (SSSR count). The Balaban J connectivity index is 2.04. The molecule has 5 heteroatoms. The van der Waals surface area contributed by atoms with Gasteiger partial charge in [0.2, 0.25) is 0 Å². The first-order valence-corrected chi connectivity index (χ1v) is 6.45. The molecule has 1 heterocycles. The predicted molar refractivity (Wildman–Crippen MR) is 68.2 cm³/mol. The van der Waals surface area contributed by atoms with Crippen LogP contribution in [0.25, 0.3) is 0 Å². The lowest BCUT2D eigenvalue weighted by molar-refractivity contribution is 0.193. The Morgan fingerprint density at radius 1 is 1.50 bits per heavy atom. The largest absolute Gasteiger partial charge is 0.487 e. The number of aliphatic hydroxyl groups is 1. The molecule has 0 radical (unpaired) electrons. The van der Waals surface area contributed by atoms with Crippen molar-refractivity contribution < 1.29 is 14.2 Å². The molecule has 0 amide bonds. The standard InChI is InChI=1S/C13H14FNO2S/c1-8(16)12-4-3-11(5-13(12)14)17-6-10-7-18-9(2)15-10/h3-5,7-8,16H,6H2,1-2H3/t8-/m0/s1. The summed E-state index contributed by atoms with van der Waals surface area (Å²) in [7, 11) is 0. The molecule has 1 N–H and O–H groups in total. The van der Waals surface area contributed by atoms with E-state index < -0.39 is 11.9 Å². The molecule has 1 atom stereocenters. The van der Waals surface area contributed by atoms with E-state index in [4.69, 9.17) is 4.74 Å². The number of aromatic nitrogens is 1. The number of hydrogen-bond acceptors (Lipinski definition) is 4. The van der Waals surface area contributed by atoms with E-state index in [2.05, 4.69) is 4.98 Å². The Bertz CT molecular complexity index is 540. The average Bonchev–Trinajstić information content (AvgIpc) is 2.72. The Morgan fingerprint density at radius 3 is 2.83 bits per heavy atom. The summed E-state index contributed by atoms with van der Waals surface area (Å²) < 4.78 is 19.0. The van der Waals surface area contributed by atoms with Crippen molar-refractivity contribution in [3.63, 3.8) is 0 Å². The highest BCUT2D eigenvalue weighted by Gasteiger charge is 2.09. The van der Waals surface area contributed by atoms with Crippen molar-refractivity contribution in [1.29, 1.82) is 0 Å². The second kappa shape index (κ2) is 5.46. The number of thiazole rings is 1. The Morgan fingerprint density at radius 2 is 2.28 bits per heavy atom. The van der Waals surface area contributed by atoms with Crippen molar-refractivity contribution >= 4 is 11.3 Å². The summed E-state index contributed by atoms with van der Waals surface area (Å²) in [6, 6.07) is 4.45. The fourth-order valence-corrected chi connectivity index (χ4v) is 2.17. The van der Waals surface area contributed by atoms with Gasteiger partial charge in [0.25, 0.3) is 0 Å². The van der Waals surface area contributed by atoms with Crippen LogP contribution in [0, 0.1) is 12.7 Å². The molecular weight excluding hydrogens is 253 g/mol. The molecule has 0 saturated carbocycles. The summed E-state index contributed by atoms with van der Waals surface area (Å²) in [6.07, 6.45) is -0.819. The monoisotopic (exact) mass is 267 g/mol. The van der Waals surface area contributed by atoms with Gasteiger partial charge in [0.1, 0.15) is 18.2 Å². The summed E-state index contributed by atoms with van der Waals surface area (Å²) >= 11 is 1.55. The van der Waals surface area contributed by atoms with Crippen LogP contribution in [0.4, 0.5) is 4.39 Å². The average molecular weight is 267 g/mol. The fraction of sp³-hybridized carbons (Fsp3) is 0.308. The molecule has 0 unspecified atom stereocenters. The van der Waals surface area contributed by atoms with Crippen molar-refractivity contribution in [2.75, 3.05) is 0 Å². The van der Waals surface area contributed by atoms with Crippen LogP contribution >= 0.6 is 11.3 Å². The van der Waals surface area contributed by atoms with Crippen LogP contribution in [0.15, 0.2) is 23.6 Å². The highest BCUT2D eigenvalue weighted by atomic mass is 32.1. The fourth-order valence-electron chi connectivity index (χ4n) is 1.57. The van der Waals surface area contributed by atoms with E-state index in [1.54, 1.807) is 17.4 Å². The van der Waals surface area contributed by atoms with E-state index in [0.29, 0.717) is 12.4 Å². The number of benzene rings is 1. The zero-order chi connectivity index (χ0) is 13.1. The third kappa shape index (κ3) is 3.05. The Hall–Kier alpha value is -1.46. The Kier molecular flexibility index (Phi) is 3.93. The number of halogens is 1. The van der Waals surface area contributed by atoms with Crippen LogP contribution in [0.2, 0.25) is 0 Å². The van der Waals surface area contributed by atoms with Crippen LogP contribution in [0.1, 0.15) is 29.3 Å². The second-order valence-corrected chi connectivity index (χ2v) is 5.07. The summed E-state index contributed by atoms with van der Waals surface area (Å²) in [4.78, 5) is 4.25. The molecule has 2 aromatic rings. The SMILES string of the molecule is Cc1nc(COc2ccc([C@H](C)O)c(F)c2)cs1. The zero-order valence-electron chi connectivity index (χ0n) is 10.2. The molecular formula is C13H14FNO2S. The van der Waals surface area contributed by atoms with Gasteiger partial charge in [-0.05, 0) is 26.0 Å². The summed E-state index contributed by atoms with van der Waals surface area (Å²) in [5.74, 6) is -0.0282. The molecule has 1 aromatic carbocycles. The molecule has 96 valence electrons. The van der Waals surface area contributed by atoms with Gasteiger partial charge in [0, 0.05) is 17.0 Å². The maximum absolute atomic E-state index is 13.6. The van der Waals surface area contributed by atoms with Crippen LogP contribution in [0.3, 0.4) is 0 Å². The molecule has 0 saturated heterocycles. The summed E-state index contributed by atoms with van der Waals surface area (Å²) in [6.45, 7) is 3.76. The van der Waals surface area contributed by atoms with E-state index in [-0.39, 0.29) is 5.56 Å². The van der Waals surface area contributed by atoms with E-state index in [9.17, 15) is 9.50 Å². The quantitative estimate of drug-likeness (QED) is 0.924. The van der Waals surface area contributed by atoms with Crippen LogP contribution in [0.5, 0.6) is 5.75 Å². The van der Waals surface area contributed by atoms with Crippen LogP contribution < -0.4 is 4.74 Å². The minimum Gasteiger partial charge on any atom is -0.487 e. The number of ether oxygens (including phenoxy) is 1. The first-order valence-electron chi connectivity index (χ1n) is 5.57. The summed E-state index contributed by atoms with van der Waals surface area (Å²) in [5.41, 5.74) is 1.10. The number of aliphatic hydroxyl groups excluding tert-OH is 1. The van der Waals surface area contributed by atoms with Gasteiger partial charge in [-0.15, -0.1) is 11.3 Å². The predicted octanol–water partition coefficient (Wildman–Crippen LogP) is 3.22. The van der Waals surface area contributed by atoms with E-state index in [1.807, 2.05) is 12.3 Å². The third-order valence-electron chi connectivity index (χ3n) is 2.48. The smallest absolute Gasteiger partial charge is 0.132 e. The first-order chi connectivity index (χ1) is 8.56. The normalized spacial score (nSPS) is 12.4. The van der Waals surface area contributed by atoms with Crippen molar-refractivity contribution in [2.45, 2.75) is 26.6 Å². The lowest BCUT2D eigenvalue weighted by Crippen LogP contribution is -1.99. The minimum absolute atomic E-state index is 0.270. The molecule has 0 spiro atoms. The third-order valence-corrected chi connectivity index (χ3v) is 3.30. The number of aryl methyl sites for hydroxylation is 1. The molecule has 18 heavy (non-hydrogen) atoms. The maximum Gasteiger partial charge on any atom is 0.132 e. The van der Waals surface area contributed by atoms with Gasteiger partial charge >= 0.3 is 0 Å². The maximum atomic E-state index is 13.6. The molecule has 0 aliphatic carbocycles. The number of nitrogens with zero attached hydrogens (tertiary/aromatic N) is 1. The molecule has 0 fully saturated rings. The lowest BCUT2D eigenvalue weighted by atomic mass is 10.1. The van der Waals surface area contributed by atoms with Crippen LogP contribution in [-0.4, -0.2) is 10.1 Å². The topological polar surface area (TPSA) is 42.4 Å². The van der Waals surface area contributed by atoms with Crippen molar-refractivity contribution in [3.05, 3.63) is 45.7 Å². The van der Waals surface area contributed by atoms with Gasteiger partial charge < -0.3 is 9.84 Å². The van der Waals surface area contributed by atoms with E-state index >= 15 is 0 Å². The second-order valence-electron chi connectivity index (χ2n) is 4.01. The molecule has 0 aliphatic heterocycles. The Labute approximate surface area is 109 Å². The van der Waals surface area contributed by atoms with Gasteiger partial charge in [-0.1, -0.05) is 0 Å². The van der Waals surface area contributed by atoms with Gasteiger partial charge in [-0.25, -0.2) is 9.37 Å². The lowest BCUT2D eigenvalue weighted by Gasteiger charge is -2.09. The number of hydrogen-bond donors (Lipinski definition) is 1. The van der Waals surface area contributed by atoms with Gasteiger partial charge in [0.05, 0.1) is 16.8 Å². The van der Waals surface area contributed by atoms with Crippen LogP contribution in [-0.2, 0) is 6.61 Å². The highest BCUT2D eigenvalue weighted by molar-refractivity contribution is 7.09. The zero-order valence-corrected chi connectivity index (χ0v) is 11.0. The number of rotatable bonds is 4. The molecule has 3 nitrogen and oxygen atoms in total. The molecule has 1 aromatic heterocycles. The van der Waals surface area contributed by atoms with E-state index in [1.165, 1.54) is 19.1 Å². The highest BCUT2D eigenvalue weighted by Crippen LogP contribution is 2.22. The minimum atomic E-state index is -0.819. The summed E-state index contributed by atoms with van der Waals surface area (Å²) in [5, 5.41) is 12.2. The van der Waals surface area contributed by atoms with Gasteiger partial charge in [-0.2, -0.15) is 0 Å². The first kappa shape index (κ1) is 13.0. The van der Waals surface area contributed by atoms with Crippen molar-refractivity contribution in [2.24, 2.45) is 0 Å². The molecule has 0 bridgehead atoms. The van der Waals surface area contributed by atoms with Crippen molar-refractivity contribution in [1.82, 2.24) is 4.98 Å². The van der Waals surface area contributed by atoms with Gasteiger partial charge in [-0.3, -0.25) is 0 Å². The van der Waals surface area contributed by atoms with Gasteiger partial charge in [0.15, 0.2) is 0 Å².